The molecule has 166 valence electrons. The van der Waals surface area contributed by atoms with Gasteiger partial charge in [-0.15, -0.1) is 0 Å². The smallest absolute Gasteiger partial charge is 0.257 e. The van der Waals surface area contributed by atoms with Gasteiger partial charge in [0.15, 0.2) is 24.1 Å². The highest BCUT2D eigenvalue weighted by molar-refractivity contribution is 5.80. The number of carbonyl (C=O) groups excluding carboxylic acids is 1. The zero-order valence-corrected chi connectivity index (χ0v) is 18.6. The Morgan fingerprint density at radius 1 is 1.06 bits per heavy atom. The molecule has 0 aliphatic carbocycles. The molecule has 7 heteroatoms. The van der Waals surface area contributed by atoms with E-state index >= 15 is 0 Å². The maximum absolute atomic E-state index is 11.6. The van der Waals surface area contributed by atoms with Gasteiger partial charge in [0.25, 0.3) is 5.91 Å². The molecule has 0 spiro atoms. The SMILES string of the molecule is CCNC(=O)COc1ccc(CN=C(NCC)N2CCc3ccccc3C2)cc1OC. The minimum absolute atomic E-state index is 0.0390. The van der Waals surface area contributed by atoms with E-state index in [9.17, 15) is 4.79 Å². The van der Waals surface area contributed by atoms with E-state index in [1.54, 1.807) is 7.11 Å². The van der Waals surface area contributed by atoms with Crippen LogP contribution >= 0.6 is 0 Å². The van der Waals surface area contributed by atoms with Crippen molar-refractivity contribution in [2.75, 3.05) is 33.4 Å². The van der Waals surface area contributed by atoms with Crippen LogP contribution in [0.1, 0.15) is 30.5 Å². The number of methoxy groups -OCH3 is 1. The highest BCUT2D eigenvalue weighted by Crippen LogP contribution is 2.28. The van der Waals surface area contributed by atoms with Crippen LogP contribution in [0.3, 0.4) is 0 Å². The van der Waals surface area contributed by atoms with E-state index in [2.05, 4.69) is 46.7 Å². The van der Waals surface area contributed by atoms with E-state index in [0.29, 0.717) is 24.6 Å². The number of benzene rings is 2. The maximum Gasteiger partial charge on any atom is 0.257 e. The van der Waals surface area contributed by atoms with Crippen LogP contribution in [0.5, 0.6) is 11.5 Å². The van der Waals surface area contributed by atoms with Gasteiger partial charge in [-0.05, 0) is 49.1 Å². The highest BCUT2D eigenvalue weighted by Gasteiger charge is 2.18. The van der Waals surface area contributed by atoms with Crippen LogP contribution < -0.4 is 20.1 Å². The third-order valence-electron chi connectivity index (χ3n) is 5.14. The zero-order chi connectivity index (χ0) is 22.1. The van der Waals surface area contributed by atoms with Crippen LogP contribution in [-0.2, 0) is 24.3 Å². The number of hydrogen-bond acceptors (Lipinski definition) is 4. The number of guanidine groups is 1. The zero-order valence-electron chi connectivity index (χ0n) is 18.6. The maximum atomic E-state index is 11.6. The lowest BCUT2D eigenvalue weighted by Crippen LogP contribution is -2.44. The first-order valence-corrected chi connectivity index (χ1v) is 10.8. The van der Waals surface area contributed by atoms with Gasteiger partial charge in [0, 0.05) is 26.2 Å². The molecule has 2 aromatic rings. The Morgan fingerprint density at radius 2 is 1.84 bits per heavy atom. The molecule has 2 N–H and O–H groups in total. The van der Waals surface area contributed by atoms with Crippen molar-refractivity contribution in [2.24, 2.45) is 4.99 Å². The molecule has 1 aliphatic rings. The number of aliphatic imine (C=N–C) groups is 1. The van der Waals surface area contributed by atoms with Gasteiger partial charge in [-0.3, -0.25) is 4.79 Å². The summed E-state index contributed by atoms with van der Waals surface area (Å²) in [4.78, 5) is 18.8. The molecule has 0 saturated carbocycles. The van der Waals surface area contributed by atoms with E-state index in [1.165, 1.54) is 11.1 Å². The summed E-state index contributed by atoms with van der Waals surface area (Å²) >= 11 is 0. The molecule has 1 heterocycles. The number of fused-ring (bicyclic) bond motifs is 1. The third kappa shape index (κ3) is 6.13. The average molecular weight is 425 g/mol. The Labute approximate surface area is 184 Å². The molecule has 0 bridgehead atoms. The third-order valence-corrected chi connectivity index (χ3v) is 5.14. The van der Waals surface area contributed by atoms with Gasteiger partial charge >= 0.3 is 0 Å². The molecule has 0 atom stereocenters. The van der Waals surface area contributed by atoms with Crippen LogP contribution in [-0.4, -0.2) is 50.1 Å². The minimum atomic E-state index is -0.156. The van der Waals surface area contributed by atoms with Crippen molar-refractivity contribution in [3.05, 3.63) is 59.2 Å². The largest absolute Gasteiger partial charge is 0.493 e. The monoisotopic (exact) mass is 424 g/mol. The normalized spacial score (nSPS) is 13.4. The van der Waals surface area contributed by atoms with E-state index in [-0.39, 0.29) is 12.5 Å². The second-order valence-electron chi connectivity index (χ2n) is 7.34. The highest BCUT2D eigenvalue weighted by atomic mass is 16.5. The predicted octanol–water partition coefficient (Wildman–Crippen LogP) is 2.73. The van der Waals surface area contributed by atoms with Gasteiger partial charge in [0.05, 0.1) is 13.7 Å². The van der Waals surface area contributed by atoms with Crippen LogP contribution in [0, 0.1) is 0 Å². The first-order chi connectivity index (χ1) is 15.1. The van der Waals surface area contributed by atoms with Gasteiger partial charge in [-0.25, -0.2) is 4.99 Å². The van der Waals surface area contributed by atoms with Gasteiger partial charge in [0.1, 0.15) is 0 Å². The fourth-order valence-corrected chi connectivity index (χ4v) is 3.59. The topological polar surface area (TPSA) is 75.2 Å². The number of ether oxygens (including phenoxy) is 2. The van der Waals surface area contributed by atoms with Gasteiger partial charge in [-0.1, -0.05) is 30.3 Å². The van der Waals surface area contributed by atoms with Gasteiger partial charge < -0.3 is 25.0 Å². The summed E-state index contributed by atoms with van der Waals surface area (Å²) in [6.07, 6.45) is 1.02. The van der Waals surface area contributed by atoms with Crippen LogP contribution in [0.15, 0.2) is 47.5 Å². The molecule has 3 rings (SSSR count). The molecule has 0 radical (unpaired) electrons. The second kappa shape index (κ2) is 11.2. The number of hydrogen-bond donors (Lipinski definition) is 2. The average Bonchev–Trinajstić information content (AvgIpc) is 2.80. The summed E-state index contributed by atoms with van der Waals surface area (Å²) in [5.41, 5.74) is 3.78. The fraction of sp³-hybridized carbons (Fsp3) is 0.417. The summed E-state index contributed by atoms with van der Waals surface area (Å²) in [7, 11) is 1.59. The van der Waals surface area contributed by atoms with Gasteiger partial charge in [0.2, 0.25) is 0 Å². The molecular formula is C24H32N4O3. The molecule has 0 fully saturated rings. The van der Waals surface area contributed by atoms with Crippen molar-refractivity contribution in [3.63, 3.8) is 0 Å². The predicted molar refractivity (Wildman–Crippen MR) is 123 cm³/mol. The van der Waals surface area contributed by atoms with Gasteiger partial charge in [-0.2, -0.15) is 0 Å². The quantitative estimate of drug-likeness (QED) is 0.503. The molecule has 0 aromatic heterocycles. The van der Waals surface area contributed by atoms with Crippen molar-refractivity contribution in [1.82, 2.24) is 15.5 Å². The van der Waals surface area contributed by atoms with E-state index in [4.69, 9.17) is 14.5 Å². The number of carbonyl (C=O) groups is 1. The number of likely N-dealkylation sites (N-methyl/N-ethyl adjacent to an activating group) is 1. The van der Waals surface area contributed by atoms with Crippen LogP contribution in [0.4, 0.5) is 0 Å². The fourth-order valence-electron chi connectivity index (χ4n) is 3.59. The lowest BCUT2D eigenvalue weighted by atomic mass is 10.0. The van der Waals surface area contributed by atoms with Crippen LogP contribution in [0.25, 0.3) is 0 Å². The van der Waals surface area contributed by atoms with Crippen molar-refractivity contribution < 1.29 is 14.3 Å². The Hall–Kier alpha value is -3.22. The number of rotatable bonds is 8. The minimum Gasteiger partial charge on any atom is -0.493 e. The van der Waals surface area contributed by atoms with Crippen molar-refractivity contribution in [2.45, 2.75) is 33.4 Å². The summed E-state index contributed by atoms with van der Waals surface area (Å²) in [6, 6.07) is 14.3. The van der Waals surface area contributed by atoms with E-state index < -0.39 is 0 Å². The van der Waals surface area contributed by atoms with Crippen molar-refractivity contribution >= 4 is 11.9 Å². The molecule has 31 heavy (non-hydrogen) atoms. The summed E-state index contributed by atoms with van der Waals surface area (Å²) in [6.45, 7) is 7.63. The number of amides is 1. The Kier molecular flexibility index (Phi) is 8.15. The molecule has 1 amide bonds. The van der Waals surface area contributed by atoms with Crippen LogP contribution in [0.2, 0.25) is 0 Å². The van der Waals surface area contributed by atoms with Crippen molar-refractivity contribution in [1.29, 1.82) is 0 Å². The Bertz CT molecular complexity index is 913. The first-order valence-electron chi connectivity index (χ1n) is 10.8. The summed E-state index contributed by atoms with van der Waals surface area (Å²) in [5.74, 6) is 1.89. The Balaban J connectivity index is 1.68. The molecule has 0 unspecified atom stereocenters. The molecule has 7 nitrogen and oxygen atoms in total. The Morgan fingerprint density at radius 3 is 2.58 bits per heavy atom. The second-order valence-corrected chi connectivity index (χ2v) is 7.34. The lowest BCUT2D eigenvalue weighted by molar-refractivity contribution is -0.123. The van der Waals surface area contributed by atoms with E-state index in [1.807, 2.05) is 25.1 Å². The molecule has 2 aromatic carbocycles. The van der Waals surface area contributed by atoms with Crippen molar-refractivity contribution in [3.8, 4) is 11.5 Å². The first kappa shape index (κ1) is 22.5. The number of nitrogens with zero attached hydrogens (tertiary/aromatic N) is 2. The van der Waals surface area contributed by atoms with E-state index in [0.717, 1.165) is 37.6 Å². The molecular weight excluding hydrogens is 392 g/mol. The summed E-state index contributed by atoms with van der Waals surface area (Å²) in [5, 5.41) is 6.13. The molecule has 0 saturated heterocycles. The number of nitrogens with one attached hydrogen (secondary N) is 2. The summed E-state index contributed by atoms with van der Waals surface area (Å²) < 4.78 is 11.1. The standard InChI is InChI=1S/C24H32N4O3/c1-4-25-23(29)17-31-21-11-10-18(14-22(21)30-3)15-27-24(26-5-2)28-13-12-19-8-6-7-9-20(19)16-28/h6-11,14H,4-5,12-13,15-17H2,1-3H3,(H,25,29)(H,26,27). The lowest BCUT2D eigenvalue weighted by Gasteiger charge is -2.31. The molecule has 1 aliphatic heterocycles.